The van der Waals surface area contributed by atoms with Crippen molar-refractivity contribution in [3.05, 3.63) is 101 Å². The largest absolute Gasteiger partial charge is 0.383 e. The van der Waals surface area contributed by atoms with E-state index in [9.17, 15) is 9.18 Å². The molecule has 3 aromatic heterocycles. The first-order valence-corrected chi connectivity index (χ1v) is 11.0. The molecule has 10 heteroatoms. The van der Waals surface area contributed by atoms with Gasteiger partial charge in [0.15, 0.2) is 0 Å². The number of benzene rings is 2. The Hall–Kier alpha value is -4.60. The number of aryl methyl sites for hydroxylation is 1. The van der Waals surface area contributed by atoms with Crippen molar-refractivity contribution in [3.8, 4) is 0 Å². The highest BCUT2D eigenvalue weighted by Gasteiger charge is 2.16. The number of rotatable bonds is 7. The molecule has 0 spiro atoms. The third-order valence-electron chi connectivity index (χ3n) is 5.72. The number of amides is 1. The van der Waals surface area contributed by atoms with Gasteiger partial charge in [0, 0.05) is 36.1 Å². The Morgan fingerprint density at radius 2 is 1.86 bits per heavy atom. The van der Waals surface area contributed by atoms with Crippen LogP contribution in [-0.4, -0.2) is 35.4 Å². The molecule has 0 saturated carbocycles. The number of halogens is 1. The Morgan fingerprint density at radius 3 is 2.60 bits per heavy atom. The van der Waals surface area contributed by atoms with Crippen molar-refractivity contribution in [1.29, 1.82) is 0 Å². The average molecular weight is 471 g/mol. The summed E-state index contributed by atoms with van der Waals surface area (Å²) < 4.78 is 18.1. The van der Waals surface area contributed by atoms with Crippen LogP contribution in [0.5, 0.6) is 0 Å². The number of carbonyl (C=O) groups excluding carboxylic acids is 1. The van der Waals surface area contributed by atoms with Crippen LogP contribution in [0.4, 0.5) is 10.2 Å². The quantitative estimate of drug-likeness (QED) is 0.378. The molecular weight excluding hydrogens is 447 g/mol. The summed E-state index contributed by atoms with van der Waals surface area (Å²) >= 11 is 0. The normalized spacial score (nSPS) is 11.1. The number of anilines is 1. The molecule has 176 valence electrons. The maximum absolute atomic E-state index is 14.5. The van der Waals surface area contributed by atoms with Gasteiger partial charge in [0.2, 0.25) is 5.82 Å². The minimum Gasteiger partial charge on any atom is -0.383 e. The van der Waals surface area contributed by atoms with Crippen LogP contribution in [0.3, 0.4) is 0 Å². The Morgan fingerprint density at radius 1 is 1.09 bits per heavy atom. The van der Waals surface area contributed by atoms with Crippen LogP contribution < -0.4 is 11.1 Å². The molecule has 0 aliphatic heterocycles. The summed E-state index contributed by atoms with van der Waals surface area (Å²) in [4.78, 5) is 20.9. The predicted molar refractivity (Wildman–Crippen MR) is 129 cm³/mol. The molecular formula is C25H23FN8O. The van der Waals surface area contributed by atoms with E-state index in [2.05, 4.69) is 25.5 Å². The van der Waals surface area contributed by atoms with Gasteiger partial charge in [-0.2, -0.15) is 5.10 Å². The van der Waals surface area contributed by atoms with Gasteiger partial charge >= 0.3 is 0 Å². The van der Waals surface area contributed by atoms with E-state index >= 15 is 0 Å². The van der Waals surface area contributed by atoms with Gasteiger partial charge in [0.1, 0.15) is 17.5 Å². The summed E-state index contributed by atoms with van der Waals surface area (Å²) in [6.45, 7) is 2.95. The topological polar surface area (TPSA) is 117 Å². The van der Waals surface area contributed by atoms with Gasteiger partial charge in [-0.05, 0) is 47.7 Å². The highest BCUT2D eigenvalue weighted by molar-refractivity contribution is 5.92. The van der Waals surface area contributed by atoms with Gasteiger partial charge in [0.25, 0.3) is 5.91 Å². The summed E-state index contributed by atoms with van der Waals surface area (Å²) in [7, 11) is 0. The Labute approximate surface area is 200 Å². The second kappa shape index (κ2) is 9.34. The van der Waals surface area contributed by atoms with Gasteiger partial charge in [-0.15, -0.1) is 5.10 Å². The fourth-order valence-corrected chi connectivity index (χ4v) is 3.82. The second-order valence-corrected chi connectivity index (χ2v) is 8.20. The van der Waals surface area contributed by atoms with Gasteiger partial charge in [0.05, 0.1) is 13.1 Å². The third-order valence-corrected chi connectivity index (χ3v) is 5.72. The summed E-state index contributed by atoms with van der Waals surface area (Å²) in [5.74, 6) is -0.0452. The lowest BCUT2D eigenvalue weighted by Crippen LogP contribution is -2.24. The summed E-state index contributed by atoms with van der Waals surface area (Å²) in [5.41, 5.74) is 8.31. The fourth-order valence-electron chi connectivity index (χ4n) is 3.82. The molecule has 0 aliphatic rings. The molecule has 0 radical (unpaired) electrons. The highest BCUT2D eigenvalue weighted by Crippen LogP contribution is 2.22. The fraction of sp³-hybridized carbons (Fsp3) is 0.160. The van der Waals surface area contributed by atoms with Crippen LogP contribution in [0.15, 0.2) is 67.1 Å². The first-order valence-electron chi connectivity index (χ1n) is 11.0. The van der Waals surface area contributed by atoms with Crippen molar-refractivity contribution in [2.24, 2.45) is 0 Å². The molecule has 0 bridgehead atoms. The monoisotopic (exact) mass is 470 g/mol. The van der Waals surface area contributed by atoms with E-state index in [-0.39, 0.29) is 18.2 Å². The van der Waals surface area contributed by atoms with Crippen molar-refractivity contribution in [1.82, 2.24) is 34.8 Å². The first kappa shape index (κ1) is 22.2. The zero-order valence-electron chi connectivity index (χ0n) is 19.0. The number of hydrogen-bond donors (Lipinski definition) is 2. The van der Waals surface area contributed by atoms with Crippen molar-refractivity contribution in [2.45, 2.75) is 26.6 Å². The minimum atomic E-state index is -0.477. The van der Waals surface area contributed by atoms with Crippen molar-refractivity contribution < 1.29 is 9.18 Å². The molecule has 0 fully saturated rings. The molecule has 0 saturated heterocycles. The SMILES string of the molecule is Cc1nc(C(=O)NCc2cc3ccnc(N)c3cc2F)nn1Cc1ccc(Cn2cccn2)cc1. The molecule has 0 unspecified atom stereocenters. The number of hydrogen-bond acceptors (Lipinski definition) is 6. The lowest BCUT2D eigenvalue weighted by Gasteiger charge is -2.08. The van der Waals surface area contributed by atoms with E-state index < -0.39 is 11.7 Å². The second-order valence-electron chi connectivity index (χ2n) is 8.20. The van der Waals surface area contributed by atoms with Gasteiger partial charge in [-0.25, -0.2) is 19.0 Å². The molecule has 2 aromatic carbocycles. The lowest BCUT2D eigenvalue weighted by atomic mass is 10.1. The lowest BCUT2D eigenvalue weighted by molar-refractivity contribution is 0.0940. The van der Waals surface area contributed by atoms with Crippen molar-refractivity contribution >= 4 is 22.5 Å². The number of aromatic nitrogens is 6. The number of nitrogen functional groups attached to an aromatic ring is 1. The van der Waals surface area contributed by atoms with E-state index in [0.717, 1.165) is 16.5 Å². The van der Waals surface area contributed by atoms with Crippen LogP contribution in [-0.2, 0) is 19.6 Å². The van der Waals surface area contributed by atoms with Crippen LogP contribution in [0.25, 0.3) is 10.8 Å². The van der Waals surface area contributed by atoms with E-state index in [1.54, 1.807) is 36.1 Å². The summed E-state index contributed by atoms with van der Waals surface area (Å²) in [6, 6.07) is 14.7. The molecule has 35 heavy (non-hydrogen) atoms. The highest BCUT2D eigenvalue weighted by atomic mass is 19.1. The number of nitrogens with two attached hydrogens (primary N) is 1. The molecule has 5 aromatic rings. The standard InChI is InChI=1S/C25H23FN8O/c1-16-31-24(25(35)29-13-20-11-19-7-9-28-23(27)21(19)12-22(20)26)32-34(16)15-18-5-3-17(4-6-18)14-33-10-2-8-30-33/h2-12H,13-15H2,1H3,(H2,27,28)(H,29,35). The Balaban J connectivity index is 1.24. The van der Waals surface area contributed by atoms with Crippen LogP contribution >= 0.6 is 0 Å². The third kappa shape index (κ3) is 4.86. The number of pyridine rings is 1. The summed E-state index contributed by atoms with van der Waals surface area (Å²) in [5, 5.41) is 12.5. The Kier molecular flexibility index (Phi) is 5.92. The zero-order valence-corrected chi connectivity index (χ0v) is 19.0. The minimum absolute atomic E-state index is 0.00582. The Bertz CT molecular complexity index is 1490. The first-order chi connectivity index (χ1) is 17.0. The number of nitrogens with zero attached hydrogens (tertiary/aromatic N) is 6. The maximum Gasteiger partial charge on any atom is 0.291 e. The maximum atomic E-state index is 14.5. The van der Waals surface area contributed by atoms with Gasteiger partial charge in [-0.1, -0.05) is 24.3 Å². The molecule has 0 aliphatic carbocycles. The smallest absolute Gasteiger partial charge is 0.291 e. The predicted octanol–water partition coefficient (Wildman–Crippen LogP) is 3.08. The number of nitrogens with one attached hydrogen (secondary N) is 1. The van der Waals surface area contributed by atoms with Crippen LogP contribution in [0, 0.1) is 12.7 Å². The molecule has 1 amide bonds. The van der Waals surface area contributed by atoms with Crippen LogP contribution in [0.2, 0.25) is 0 Å². The molecule has 9 nitrogen and oxygen atoms in total. The average Bonchev–Trinajstić information content (AvgIpc) is 3.49. The van der Waals surface area contributed by atoms with Crippen LogP contribution in [0.1, 0.15) is 33.1 Å². The van der Waals surface area contributed by atoms with Gasteiger partial charge < -0.3 is 11.1 Å². The van der Waals surface area contributed by atoms with E-state index in [1.807, 2.05) is 41.2 Å². The molecule has 3 N–H and O–H groups in total. The van der Waals surface area contributed by atoms with E-state index in [1.165, 1.54) is 6.07 Å². The molecule has 3 heterocycles. The molecule has 5 rings (SSSR count). The van der Waals surface area contributed by atoms with Crippen molar-refractivity contribution in [2.75, 3.05) is 5.73 Å². The van der Waals surface area contributed by atoms with E-state index in [0.29, 0.717) is 29.9 Å². The zero-order chi connectivity index (χ0) is 24.4. The summed E-state index contributed by atoms with van der Waals surface area (Å²) in [6.07, 6.45) is 5.23. The van der Waals surface area contributed by atoms with Gasteiger partial charge in [-0.3, -0.25) is 9.48 Å². The number of carbonyl (C=O) groups is 1. The number of fused-ring (bicyclic) bond motifs is 1. The van der Waals surface area contributed by atoms with E-state index in [4.69, 9.17) is 5.73 Å². The van der Waals surface area contributed by atoms with Crippen molar-refractivity contribution in [3.63, 3.8) is 0 Å². The molecule has 0 atom stereocenters.